The standard InChI is InChI=1S/C31H41N5O3/c1-21(2)18-26-25-15-11-13-23(4)28(25)36(20-27(37)35-16-8-6-5-7-9-17-35)30(38)29(33-26)34-31(39)32-24-14-10-12-22(3)19-24/h10-15,19,21,29H,5-9,16-18,20H2,1-4H3,(H2,32,34,39). The molecule has 1 saturated heterocycles. The predicted molar refractivity (Wildman–Crippen MR) is 156 cm³/mol. The van der Waals surface area contributed by atoms with E-state index in [0.717, 1.165) is 48.1 Å². The molecule has 8 nitrogen and oxygen atoms in total. The lowest BCUT2D eigenvalue weighted by Gasteiger charge is -2.30. The molecule has 2 aliphatic heterocycles. The SMILES string of the molecule is Cc1cccc(NC(=O)NC2N=C(CC(C)C)c3cccc(C)c3N(CC(=O)N3CCCCCCC3)C2=O)c1. The largest absolute Gasteiger partial charge is 0.341 e. The number of hydrogen-bond donors (Lipinski definition) is 2. The summed E-state index contributed by atoms with van der Waals surface area (Å²) in [5, 5.41) is 5.60. The molecule has 39 heavy (non-hydrogen) atoms. The molecular weight excluding hydrogens is 490 g/mol. The molecule has 0 radical (unpaired) electrons. The third kappa shape index (κ3) is 7.25. The van der Waals surface area contributed by atoms with Gasteiger partial charge in [0.05, 0.1) is 5.69 Å². The van der Waals surface area contributed by atoms with E-state index in [1.807, 2.05) is 55.1 Å². The van der Waals surface area contributed by atoms with Crippen LogP contribution in [0.15, 0.2) is 47.5 Å². The number of para-hydroxylation sites is 1. The number of aliphatic imine (C=N–C) groups is 1. The number of nitrogens with one attached hydrogen (secondary N) is 2. The van der Waals surface area contributed by atoms with Crippen LogP contribution < -0.4 is 15.5 Å². The summed E-state index contributed by atoms with van der Waals surface area (Å²) in [6.45, 7) is 9.42. The summed E-state index contributed by atoms with van der Waals surface area (Å²) in [5.74, 6) is -0.206. The molecule has 1 unspecified atom stereocenters. The van der Waals surface area contributed by atoms with E-state index in [0.29, 0.717) is 30.9 Å². The van der Waals surface area contributed by atoms with Gasteiger partial charge in [-0.25, -0.2) is 4.79 Å². The number of fused-ring (bicyclic) bond motifs is 1. The van der Waals surface area contributed by atoms with E-state index in [2.05, 4.69) is 24.5 Å². The van der Waals surface area contributed by atoms with E-state index in [9.17, 15) is 14.4 Å². The van der Waals surface area contributed by atoms with Crippen molar-refractivity contribution in [1.82, 2.24) is 10.2 Å². The zero-order valence-electron chi connectivity index (χ0n) is 23.6. The Morgan fingerprint density at radius 3 is 2.38 bits per heavy atom. The molecule has 2 aliphatic rings. The Morgan fingerprint density at radius 1 is 1.00 bits per heavy atom. The predicted octanol–water partition coefficient (Wildman–Crippen LogP) is 5.43. The molecule has 2 N–H and O–H groups in total. The Bertz CT molecular complexity index is 1230. The molecule has 2 aromatic rings. The Balaban J connectivity index is 1.66. The van der Waals surface area contributed by atoms with Gasteiger partial charge in [-0.15, -0.1) is 0 Å². The van der Waals surface area contributed by atoms with Gasteiger partial charge in [0.1, 0.15) is 6.54 Å². The summed E-state index contributed by atoms with van der Waals surface area (Å²) in [5.41, 5.74) is 4.81. The van der Waals surface area contributed by atoms with Crippen LogP contribution in [0.5, 0.6) is 0 Å². The number of anilines is 2. The first-order valence-electron chi connectivity index (χ1n) is 14.1. The molecule has 0 saturated carbocycles. The van der Waals surface area contributed by atoms with Crippen molar-refractivity contribution in [2.45, 2.75) is 72.4 Å². The summed E-state index contributed by atoms with van der Waals surface area (Å²) in [6, 6.07) is 12.8. The number of carbonyl (C=O) groups is 3. The van der Waals surface area contributed by atoms with Crippen LogP contribution in [0.4, 0.5) is 16.2 Å². The van der Waals surface area contributed by atoms with Gasteiger partial charge in [-0.05, 0) is 62.3 Å². The fourth-order valence-corrected chi connectivity index (χ4v) is 5.34. The zero-order valence-corrected chi connectivity index (χ0v) is 23.6. The normalized spacial score (nSPS) is 18.0. The Labute approximate surface area is 231 Å². The second kappa shape index (κ2) is 12.9. The molecule has 0 aliphatic carbocycles. The fourth-order valence-electron chi connectivity index (χ4n) is 5.34. The fraction of sp³-hybridized carbons (Fsp3) is 0.484. The molecule has 2 aromatic carbocycles. The second-order valence-corrected chi connectivity index (χ2v) is 11.1. The molecule has 0 aromatic heterocycles. The van der Waals surface area contributed by atoms with Crippen LogP contribution in [-0.4, -0.2) is 54.3 Å². The maximum absolute atomic E-state index is 14.1. The first-order valence-corrected chi connectivity index (χ1v) is 14.1. The number of benzodiazepines with no additional fused rings is 1. The molecule has 0 bridgehead atoms. The topological polar surface area (TPSA) is 94.1 Å². The number of carbonyl (C=O) groups excluding carboxylic acids is 3. The van der Waals surface area contributed by atoms with Crippen molar-refractivity contribution >= 4 is 34.9 Å². The molecule has 208 valence electrons. The molecular formula is C31H41N5O3. The summed E-state index contributed by atoms with van der Waals surface area (Å²) < 4.78 is 0. The van der Waals surface area contributed by atoms with E-state index in [-0.39, 0.29) is 18.4 Å². The average molecular weight is 532 g/mol. The lowest BCUT2D eigenvalue weighted by molar-refractivity contribution is -0.132. The van der Waals surface area contributed by atoms with Crippen LogP contribution in [0.25, 0.3) is 0 Å². The summed E-state index contributed by atoms with van der Waals surface area (Å²) in [7, 11) is 0. The van der Waals surface area contributed by atoms with Gasteiger partial charge >= 0.3 is 6.03 Å². The lowest BCUT2D eigenvalue weighted by Crippen LogP contribution is -2.52. The highest BCUT2D eigenvalue weighted by molar-refractivity contribution is 6.15. The van der Waals surface area contributed by atoms with Gasteiger partial charge in [-0.1, -0.05) is 63.4 Å². The van der Waals surface area contributed by atoms with E-state index < -0.39 is 18.1 Å². The van der Waals surface area contributed by atoms with E-state index in [4.69, 9.17) is 4.99 Å². The van der Waals surface area contributed by atoms with Crippen molar-refractivity contribution in [2.24, 2.45) is 10.9 Å². The minimum atomic E-state index is -1.16. The molecule has 1 fully saturated rings. The monoisotopic (exact) mass is 531 g/mol. The van der Waals surface area contributed by atoms with Crippen molar-refractivity contribution < 1.29 is 14.4 Å². The number of nitrogens with zero attached hydrogens (tertiary/aromatic N) is 3. The van der Waals surface area contributed by atoms with E-state index in [1.165, 1.54) is 6.42 Å². The van der Waals surface area contributed by atoms with Crippen LogP contribution in [-0.2, 0) is 9.59 Å². The van der Waals surface area contributed by atoms with Gasteiger partial charge in [-0.2, -0.15) is 0 Å². The smallest absolute Gasteiger partial charge is 0.321 e. The molecule has 2 heterocycles. The van der Waals surface area contributed by atoms with Crippen LogP contribution in [0.1, 0.15) is 69.1 Å². The van der Waals surface area contributed by atoms with Crippen LogP contribution in [0.2, 0.25) is 0 Å². The van der Waals surface area contributed by atoms with Crippen molar-refractivity contribution in [1.29, 1.82) is 0 Å². The van der Waals surface area contributed by atoms with E-state index in [1.54, 1.807) is 11.0 Å². The Morgan fingerprint density at radius 2 is 1.69 bits per heavy atom. The average Bonchev–Trinajstić information content (AvgIpc) is 2.95. The maximum Gasteiger partial charge on any atom is 0.321 e. The first kappa shape index (κ1) is 28.3. The van der Waals surface area contributed by atoms with Gasteiger partial charge in [0.25, 0.3) is 5.91 Å². The van der Waals surface area contributed by atoms with Crippen LogP contribution in [0.3, 0.4) is 0 Å². The number of urea groups is 1. The highest BCUT2D eigenvalue weighted by Crippen LogP contribution is 2.31. The maximum atomic E-state index is 14.1. The number of hydrogen-bond acceptors (Lipinski definition) is 4. The summed E-state index contributed by atoms with van der Waals surface area (Å²) in [6.07, 6.45) is 4.85. The van der Waals surface area contributed by atoms with Gasteiger partial charge in [-0.3, -0.25) is 19.5 Å². The lowest BCUT2D eigenvalue weighted by atomic mass is 9.96. The molecule has 1 atom stereocenters. The third-order valence-electron chi connectivity index (χ3n) is 7.25. The first-order chi connectivity index (χ1) is 18.7. The van der Waals surface area contributed by atoms with Gasteiger partial charge in [0, 0.05) is 30.1 Å². The van der Waals surface area contributed by atoms with Gasteiger partial charge < -0.3 is 15.5 Å². The number of benzene rings is 2. The minimum absolute atomic E-state index is 0.0743. The molecule has 0 spiro atoms. The summed E-state index contributed by atoms with van der Waals surface area (Å²) >= 11 is 0. The Hall–Kier alpha value is -3.68. The number of aryl methyl sites for hydroxylation is 2. The molecule has 4 amide bonds. The van der Waals surface area contributed by atoms with Crippen LogP contribution in [0, 0.1) is 19.8 Å². The Kier molecular flexibility index (Phi) is 9.38. The minimum Gasteiger partial charge on any atom is -0.341 e. The van der Waals surface area contributed by atoms with Crippen molar-refractivity contribution in [2.75, 3.05) is 29.9 Å². The number of rotatable bonds is 6. The highest BCUT2D eigenvalue weighted by Gasteiger charge is 2.35. The second-order valence-electron chi connectivity index (χ2n) is 11.1. The van der Waals surface area contributed by atoms with Gasteiger partial charge in [0.15, 0.2) is 0 Å². The number of amides is 4. The van der Waals surface area contributed by atoms with Crippen molar-refractivity contribution in [3.05, 3.63) is 59.2 Å². The van der Waals surface area contributed by atoms with Crippen molar-refractivity contribution in [3.8, 4) is 0 Å². The quantitative estimate of drug-likeness (QED) is 0.521. The van der Waals surface area contributed by atoms with Gasteiger partial charge in [0.2, 0.25) is 12.1 Å². The third-order valence-corrected chi connectivity index (χ3v) is 7.25. The summed E-state index contributed by atoms with van der Waals surface area (Å²) in [4.78, 5) is 48.9. The van der Waals surface area contributed by atoms with Crippen molar-refractivity contribution in [3.63, 3.8) is 0 Å². The zero-order chi connectivity index (χ0) is 27.9. The highest BCUT2D eigenvalue weighted by atomic mass is 16.2. The van der Waals surface area contributed by atoms with Crippen LogP contribution >= 0.6 is 0 Å². The number of likely N-dealkylation sites (tertiary alicyclic amines) is 1. The molecule has 4 rings (SSSR count). The van der Waals surface area contributed by atoms with E-state index >= 15 is 0 Å². The molecule has 8 heteroatoms.